The van der Waals surface area contributed by atoms with Gasteiger partial charge in [0.05, 0.1) is 32.0 Å². The van der Waals surface area contributed by atoms with Gasteiger partial charge in [-0.05, 0) is 77.0 Å². The third kappa shape index (κ3) is 49.5. The van der Waals surface area contributed by atoms with Crippen molar-refractivity contribution in [1.82, 2.24) is 5.32 Å². The van der Waals surface area contributed by atoms with Crippen LogP contribution in [0.4, 0.5) is 0 Å². The van der Waals surface area contributed by atoms with Gasteiger partial charge in [-0.15, -0.1) is 0 Å². The van der Waals surface area contributed by atoms with Crippen molar-refractivity contribution in [1.29, 1.82) is 0 Å². The Morgan fingerprint density at radius 2 is 0.704 bits per heavy atom. The molecule has 14 heteroatoms. The van der Waals surface area contributed by atoms with Gasteiger partial charge in [-0.25, -0.2) is 0 Å². The molecule has 0 radical (unpaired) electrons. The molecular weight excluding hydrogens is 1230 g/mol. The van der Waals surface area contributed by atoms with Crippen molar-refractivity contribution in [2.24, 2.45) is 0 Å². The van der Waals surface area contributed by atoms with Crippen LogP contribution in [0.15, 0.2) is 97.2 Å². The number of carbonyl (C=O) groups excluding carboxylic acids is 1. The van der Waals surface area contributed by atoms with Gasteiger partial charge in [-0.2, -0.15) is 0 Å². The minimum absolute atomic E-state index is 0.240. The highest BCUT2D eigenvalue weighted by Gasteiger charge is 2.51. The van der Waals surface area contributed by atoms with Gasteiger partial charge in [0.25, 0.3) is 0 Å². The Bertz CT molecular complexity index is 2020. The van der Waals surface area contributed by atoms with Gasteiger partial charge in [-0.3, -0.25) is 4.79 Å². The Morgan fingerprint density at radius 1 is 0.378 bits per heavy atom. The summed E-state index contributed by atoms with van der Waals surface area (Å²) in [6, 6.07) is -0.923. The van der Waals surface area contributed by atoms with Crippen LogP contribution >= 0.6 is 0 Å². The van der Waals surface area contributed by atoms with Crippen LogP contribution in [-0.4, -0.2) is 140 Å². The van der Waals surface area contributed by atoms with Gasteiger partial charge in [0.2, 0.25) is 5.91 Å². The predicted octanol–water partition coefficient (Wildman–Crippen LogP) is 18.5. The van der Waals surface area contributed by atoms with E-state index in [2.05, 4.69) is 104 Å². The fourth-order valence-corrected chi connectivity index (χ4v) is 12.9. The van der Waals surface area contributed by atoms with Crippen LogP contribution in [0, 0.1) is 0 Å². The molecule has 2 heterocycles. The summed E-state index contributed by atoms with van der Waals surface area (Å²) in [6.45, 7) is 2.73. The summed E-state index contributed by atoms with van der Waals surface area (Å²) in [5.41, 5.74) is 0. The number of carbonyl (C=O) groups is 1. The molecule has 0 aliphatic carbocycles. The van der Waals surface area contributed by atoms with Crippen molar-refractivity contribution >= 4 is 5.91 Å². The maximum Gasteiger partial charge on any atom is 0.220 e. The van der Waals surface area contributed by atoms with Crippen molar-refractivity contribution < 1.29 is 64.6 Å². The van der Waals surface area contributed by atoms with Crippen LogP contribution in [0.2, 0.25) is 0 Å². The van der Waals surface area contributed by atoms with Crippen LogP contribution in [0.25, 0.3) is 0 Å². The highest BCUT2D eigenvalue weighted by atomic mass is 16.7. The summed E-state index contributed by atoms with van der Waals surface area (Å²) in [5, 5.41) is 87.7. The number of hydrogen-bond donors (Lipinski definition) is 9. The average Bonchev–Trinajstić information content (AvgIpc) is 0.797. The third-order valence-electron chi connectivity index (χ3n) is 19.3. The molecule has 2 fully saturated rings. The van der Waals surface area contributed by atoms with E-state index in [0.29, 0.717) is 6.42 Å². The van der Waals surface area contributed by atoms with E-state index in [4.69, 9.17) is 18.9 Å². The van der Waals surface area contributed by atoms with Gasteiger partial charge in [0, 0.05) is 6.42 Å². The number of unbranched alkanes of at least 4 members (excludes halogenated alkanes) is 40. The molecule has 0 aromatic carbocycles. The van der Waals surface area contributed by atoms with E-state index in [0.717, 1.165) is 89.9 Å². The number of aliphatic hydroxyl groups excluding tert-OH is 8. The molecule has 2 aliphatic rings. The number of aliphatic hydroxyl groups is 8. The molecule has 12 unspecified atom stereocenters. The lowest BCUT2D eigenvalue weighted by Gasteiger charge is -2.46. The summed E-state index contributed by atoms with van der Waals surface area (Å²) in [6.07, 6.45) is 79.1. The second-order valence-corrected chi connectivity index (χ2v) is 28.2. The molecular formula is C84H149NO13. The summed E-state index contributed by atoms with van der Waals surface area (Å²) >= 11 is 0. The molecule has 2 rings (SSSR count). The highest BCUT2D eigenvalue weighted by Crippen LogP contribution is 2.30. The molecule has 0 bridgehead atoms. The molecule has 0 aromatic rings. The lowest BCUT2D eigenvalue weighted by Crippen LogP contribution is -2.65. The summed E-state index contributed by atoms with van der Waals surface area (Å²) in [4.78, 5) is 13.4. The zero-order chi connectivity index (χ0) is 70.8. The van der Waals surface area contributed by atoms with Gasteiger partial charge < -0.3 is 65.1 Å². The number of nitrogens with one attached hydrogen (secondary N) is 1. The van der Waals surface area contributed by atoms with Gasteiger partial charge in [0.15, 0.2) is 12.6 Å². The smallest absolute Gasteiger partial charge is 0.220 e. The number of rotatable bonds is 67. The van der Waals surface area contributed by atoms with Gasteiger partial charge in [-0.1, -0.05) is 349 Å². The second kappa shape index (κ2) is 67.1. The van der Waals surface area contributed by atoms with E-state index in [1.54, 1.807) is 6.08 Å². The molecule has 2 aliphatic heterocycles. The van der Waals surface area contributed by atoms with E-state index in [9.17, 15) is 45.6 Å². The SMILES string of the molecule is CC/C=C\C/C=C\C/C=C\C/C=C\C/C=C\C/C=C\C/C=C\CCCCCCCCCCCCCCCC(=O)NC(COC1OC(CO)C(OC2OC(CO)C(O)C(O)C2O)C(O)C1O)C(O)/C=C/CCCCCCCCCCCCCCCCCCCCCCCCCCCCC. The van der Waals surface area contributed by atoms with Crippen molar-refractivity contribution in [3.63, 3.8) is 0 Å². The Hall–Kier alpha value is -3.09. The Balaban J connectivity index is 1.62. The molecule has 0 saturated carbocycles. The maximum absolute atomic E-state index is 13.4. The first-order valence-electron chi connectivity index (χ1n) is 40.5. The lowest BCUT2D eigenvalue weighted by molar-refractivity contribution is -0.359. The van der Waals surface area contributed by atoms with Crippen molar-refractivity contribution in [2.75, 3.05) is 19.8 Å². The molecule has 9 N–H and O–H groups in total. The predicted molar refractivity (Wildman–Crippen MR) is 406 cm³/mol. The Kier molecular flexibility index (Phi) is 62.3. The molecule has 568 valence electrons. The van der Waals surface area contributed by atoms with Crippen LogP contribution in [0.1, 0.15) is 335 Å². The summed E-state index contributed by atoms with van der Waals surface area (Å²) < 4.78 is 22.9. The van der Waals surface area contributed by atoms with Crippen molar-refractivity contribution in [2.45, 2.75) is 408 Å². The summed E-state index contributed by atoms with van der Waals surface area (Å²) in [5.74, 6) is -0.240. The third-order valence-corrected chi connectivity index (χ3v) is 19.3. The van der Waals surface area contributed by atoms with Crippen LogP contribution in [-0.2, 0) is 23.7 Å². The average molecular weight is 1380 g/mol. The normalized spacial score (nSPS) is 22.6. The fourth-order valence-electron chi connectivity index (χ4n) is 12.9. The maximum atomic E-state index is 13.4. The first-order chi connectivity index (χ1) is 48.1. The van der Waals surface area contributed by atoms with E-state index in [-0.39, 0.29) is 18.9 Å². The fraction of sp³-hybridized carbons (Fsp3) is 0.798. The van der Waals surface area contributed by atoms with E-state index < -0.39 is 86.8 Å². The number of amides is 1. The molecule has 1 amide bonds. The minimum Gasteiger partial charge on any atom is -0.394 e. The molecule has 98 heavy (non-hydrogen) atoms. The topological polar surface area (TPSA) is 228 Å². The monoisotopic (exact) mass is 1380 g/mol. The van der Waals surface area contributed by atoms with Gasteiger partial charge in [0.1, 0.15) is 48.8 Å². The Labute approximate surface area is 598 Å². The molecule has 0 spiro atoms. The van der Waals surface area contributed by atoms with Crippen LogP contribution < -0.4 is 5.32 Å². The van der Waals surface area contributed by atoms with Crippen molar-refractivity contribution in [3.8, 4) is 0 Å². The number of allylic oxidation sites excluding steroid dienone is 15. The first-order valence-corrected chi connectivity index (χ1v) is 40.5. The zero-order valence-corrected chi connectivity index (χ0v) is 62.3. The second-order valence-electron chi connectivity index (χ2n) is 28.2. The highest BCUT2D eigenvalue weighted by molar-refractivity contribution is 5.76. The molecule has 12 atom stereocenters. The number of hydrogen-bond acceptors (Lipinski definition) is 13. The van der Waals surface area contributed by atoms with Crippen molar-refractivity contribution in [3.05, 3.63) is 97.2 Å². The van der Waals surface area contributed by atoms with Crippen LogP contribution in [0.5, 0.6) is 0 Å². The van der Waals surface area contributed by atoms with E-state index in [1.807, 2.05) is 6.08 Å². The Morgan fingerprint density at radius 3 is 1.08 bits per heavy atom. The molecule has 2 saturated heterocycles. The zero-order valence-electron chi connectivity index (χ0n) is 62.3. The number of ether oxygens (including phenoxy) is 4. The van der Waals surface area contributed by atoms with E-state index in [1.165, 1.54) is 218 Å². The molecule has 14 nitrogen and oxygen atoms in total. The van der Waals surface area contributed by atoms with Gasteiger partial charge >= 0.3 is 0 Å². The quantitative estimate of drug-likeness (QED) is 0.0204. The van der Waals surface area contributed by atoms with E-state index >= 15 is 0 Å². The summed E-state index contributed by atoms with van der Waals surface area (Å²) in [7, 11) is 0. The first kappa shape index (κ1) is 91.0. The standard InChI is InChI=1S/C84H149NO13/c1-3-5-7-9-11-13-15-17-19-21-23-25-27-29-31-33-34-35-36-37-38-40-42-44-46-48-50-52-54-56-58-60-62-64-66-68-76(89)85-72(71-95-83-81(94)79(92)82(75(70-87)97-83)98-84-80(93)78(91)77(90)74(69-86)96-84)73(88)67-65-63-61-59-57-55-53-51-49-47-45-43-41-39-32-30-28-26-24-22-20-18-16-14-12-10-8-6-4-2/h5,7,11,13,17,19,23,25,29,31,34-35,37-38,65,67,72-75,77-84,86-88,90-94H,3-4,6,8-10,12,14-16,18,20-22,24,26-28,30,32-33,36,39-64,66,68-71H2,1-2H3,(H,85,89)/b7-5-,13-11-,19-17-,25-23-,31-29-,35-34-,38-37-,67-65+. The largest absolute Gasteiger partial charge is 0.394 e. The minimum atomic E-state index is -1.79. The molecule has 0 aromatic heterocycles. The van der Waals surface area contributed by atoms with Crippen LogP contribution in [0.3, 0.4) is 0 Å². The lowest BCUT2D eigenvalue weighted by atomic mass is 9.97.